The third-order valence-corrected chi connectivity index (χ3v) is 5.76. The SMILES string of the molecule is CCNC(CSC1CCCCC1)Cc1ccc(Cl)cc1. The molecular formula is C17H26ClNS. The van der Waals surface area contributed by atoms with Gasteiger partial charge in [-0.05, 0) is 43.5 Å². The molecule has 0 bridgehead atoms. The van der Waals surface area contributed by atoms with Crippen LogP contribution in [-0.4, -0.2) is 23.6 Å². The van der Waals surface area contributed by atoms with Crippen molar-refractivity contribution in [2.75, 3.05) is 12.3 Å². The Morgan fingerprint density at radius 2 is 1.90 bits per heavy atom. The van der Waals surface area contributed by atoms with Crippen LogP contribution in [0, 0.1) is 0 Å². The maximum Gasteiger partial charge on any atom is 0.0406 e. The second kappa shape index (κ2) is 8.96. The summed E-state index contributed by atoms with van der Waals surface area (Å²) in [5.41, 5.74) is 1.38. The van der Waals surface area contributed by atoms with E-state index < -0.39 is 0 Å². The van der Waals surface area contributed by atoms with Crippen LogP contribution >= 0.6 is 23.4 Å². The molecule has 3 heteroatoms. The first-order chi connectivity index (χ1) is 9.78. The van der Waals surface area contributed by atoms with Gasteiger partial charge in [0.15, 0.2) is 0 Å². The Morgan fingerprint density at radius 3 is 2.55 bits per heavy atom. The van der Waals surface area contributed by atoms with Crippen molar-refractivity contribution in [2.45, 2.75) is 56.7 Å². The summed E-state index contributed by atoms with van der Waals surface area (Å²) < 4.78 is 0. The van der Waals surface area contributed by atoms with Gasteiger partial charge in [-0.15, -0.1) is 0 Å². The van der Waals surface area contributed by atoms with Gasteiger partial charge in [-0.1, -0.05) is 49.9 Å². The number of halogens is 1. The number of hydrogen-bond acceptors (Lipinski definition) is 2. The van der Waals surface area contributed by atoms with Crippen molar-refractivity contribution < 1.29 is 0 Å². The quantitative estimate of drug-likeness (QED) is 0.766. The maximum atomic E-state index is 5.95. The molecule has 0 saturated heterocycles. The van der Waals surface area contributed by atoms with Crippen LogP contribution in [0.5, 0.6) is 0 Å². The molecule has 20 heavy (non-hydrogen) atoms. The molecule has 1 aromatic carbocycles. The van der Waals surface area contributed by atoms with E-state index in [0.717, 1.165) is 23.2 Å². The van der Waals surface area contributed by atoms with Gasteiger partial charge in [0.05, 0.1) is 0 Å². The van der Waals surface area contributed by atoms with Crippen LogP contribution < -0.4 is 5.32 Å². The highest BCUT2D eigenvalue weighted by Gasteiger charge is 2.16. The Bertz CT molecular complexity index is 373. The van der Waals surface area contributed by atoms with Crippen molar-refractivity contribution >= 4 is 23.4 Å². The lowest BCUT2D eigenvalue weighted by molar-refractivity contribution is 0.513. The molecular weight excluding hydrogens is 286 g/mol. The average Bonchev–Trinajstić information content (AvgIpc) is 2.48. The van der Waals surface area contributed by atoms with E-state index in [1.165, 1.54) is 43.4 Å². The second-order valence-electron chi connectivity index (χ2n) is 5.68. The molecule has 1 saturated carbocycles. The minimum absolute atomic E-state index is 0.577. The highest BCUT2D eigenvalue weighted by molar-refractivity contribution is 7.99. The monoisotopic (exact) mass is 311 g/mol. The van der Waals surface area contributed by atoms with Gasteiger partial charge in [0.2, 0.25) is 0 Å². The molecule has 0 spiro atoms. The lowest BCUT2D eigenvalue weighted by Gasteiger charge is -2.24. The molecule has 0 radical (unpaired) electrons. The van der Waals surface area contributed by atoms with Crippen molar-refractivity contribution in [1.82, 2.24) is 5.32 Å². The third-order valence-electron chi connectivity index (χ3n) is 3.97. The molecule has 2 rings (SSSR count). The molecule has 1 atom stereocenters. The molecule has 1 nitrogen and oxygen atoms in total. The van der Waals surface area contributed by atoms with Crippen molar-refractivity contribution in [3.05, 3.63) is 34.9 Å². The lowest BCUT2D eigenvalue weighted by atomic mass is 10.0. The summed E-state index contributed by atoms with van der Waals surface area (Å²) in [6.07, 6.45) is 8.25. The van der Waals surface area contributed by atoms with E-state index in [1.807, 2.05) is 12.1 Å². The molecule has 1 aromatic rings. The normalized spacial score (nSPS) is 18.1. The van der Waals surface area contributed by atoms with Crippen LogP contribution in [0.1, 0.15) is 44.6 Å². The molecule has 0 aromatic heterocycles. The molecule has 1 aliphatic rings. The van der Waals surface area contributed by atoms with Gasteiger partial charge in [-0.25, -0.2) is 0 Å². The van der Waals surface area contributed by atoms with E-state index in [0.29, 0.717) is 6.04 Å². The highest BCUT2D eigenvalue weighted by Crippen LogP contribution is 2.29. The van der Waals surface area contributed by atoms with Gasteiger partial charge in [-0.3, -0.25) is 0 Å². The fraction of sp³-hybridized carbons (Fsp3) is 0.647. The number of nitrogens with one attached hydrogen (secondary N) is 1. The predicted molar refractivity (Wildman–Crippen MR) is 92.0 cm³/mol. The molecule has 0 amide bonds. The van der Waals surface area contributed by atoms with E-state index in [2.05, 4.69) is 36.1 Å². The fourth-order valence-electron chi connectivity index (χ4n) is 2.87. The number of likely N-dealkylation sites (N-methyl/N-ethyl adjacent to an activating group) is 1. The van der Waals surface area contributed by atoms with Crippen LogP contribution in [0.2, 0.25) is 5.02 Å². The zero-order chi connectivity index (χ0) is 14.2. The molecule has 0 heterocycles. The lowest BCUT2D eigenvalue weighted by Crippen LogP contribution is -2.34. The second-order valence-corrected chi connectivity index (χ2v) is 7.45. The van der Waals surface area contributed by atoms with Gasteiger partial charge in [0.25, 0.3) is 0 Å². The zero-order valence-corrected chi connectivity index (χ0v) is 14.0. The van der Waals surface area contributed by atoms with Gasteiger partial charge in [-0.2, -0.15) is 11.8 Å². The van der Waals surface area contributed by atoms with Crippen LogP contribution in [0.25, 0.3) is 0 Å². The number of rotatable bonds is 7. The van der Waals surface area contributed by atoms with E-state index in [9.17, 15) is 0 Å². The predicted octanol–water partition coefficient (Wildman–Crippen LogP) is 4.93. The summed E-state index contributed by atoms with van der Waals surface area (Å²) in [6.45, 7) is 3.24. The first-order valence-corrected chi connectivity index (χ1v) is 9.30. The van der Waals surface area contributed by atoms with E-state index >= 15 is 0 Å². The number of thioether (sulfide) groups is 1. The summed E-state index contributed by atoms with van der Waals surface area (Å²) in [6, 6.07) is 8.87. The minimum Gasteiger partial charge on any atom is -0.313 e. The van der Waals surface area contributed by atoms with Crippen LogP contribution in [0.4, 0.5) is 0 Å². The topological polar surface area (TPSA) is 12.0 Å². The van der Waals surface area contributed by atoms with Gasteiger partial charge in [0, 0.05) is 22.1 Å². The molecule has 1 fully saturated rings. The maximum absolute atomic E-state index is 5.95. The molecule has 1 unspecified atom stereocenters. The largest absolute Gasteiger partial charge is 0.313 e. The zero-order valence-electron chi connectivity index (χ0n) is 12.4. The van der Waals surface area contributed by atoms with Gasteiger partial charge in [0.1, 0.15) is 0 Å². The minimum atomic E-state index is 0.577. The first-order valence-electron chi connectivity index (χ1n) is 7.87. The fourth-order valence-corrected chi connectivity index (χ4v) is 4.40. The summed E-state index contributed by atoms with van der Waals surface area (Å²) in [4.78, 5) is 0. The van der Waals surface area contributed by atoms with Crippen LogP contribution in [-0.2, 0) is 6.42 Å². The Morgan fingerprint density at radius 1 is 1.20 bits per heavy atom. The highest BCUT2D eigenvalue weighted by atomic mass is 35.5. The van der Waals surface area contributed by atoms with Gasteiger partial charge < -0.3 is 5.32 Å². The third kappa shape index (κ3) is 5.67. The standard InChI is InChI=1S/C17H26ClNS/c1-2-19-16(12-14-8-10-15(18)11-9-14)13-20-17-6-4-3-5-7-17/h8-11,16-17,19H,2-7,12-13H2,1H3. The molecule has 0 aliphatic heterocycles. The first kappa shape index (κ1) is 16.2. The van der Waals surface area contributed by atoms with E-state index in [1.54, 1.807) is 0 Å². The Balaban J connectivity index is 1.81. The number of benzene rings is 1. The summed E-state index contributed by atoms with van der Waals surface area (Å²) >= 11 is 8.13. The molecule has 112 valence electrons. The summed E-state index contributed by atoms with van der Waals surface area (Å²) in [5, 5.41) is 5.35. The smallest absolute Gasteiger partial charge is 0.0406 e. The Kier molecular flexibility index (Phi) is 7.26. The molecule has 1 N–H and O–H groups in total. The Hall–Kier alpha value is -0.180. The molecule has 1 aliphatic carbocycles. The number of hydrogen-bond donors (Lipinski definition) is 1. The average molecular weight is 312 g/mol. The van der Waals surface area contributed by atoms with Crippen molar-refractivity contribution in [1.29, 1.82) is 0 Å². The van der Waals surface area contributed by atoms with Crippen molar-refractivity contribution in [3.8, 4) is 0 Å². The van der Waals surface area contributed by atoms with Crippen LogP contribution in [0.3, 0.4) is 0 Å². The summed E-state index contributed by atoms with van der Waals surface area (Å²) in [5.74, 6) is 1.22. The van der Waals surface area contributed by atoms with Crippen LogP contribution in [0.15, 0.2) is 24.3 Å². The van der Waals surface area contributed by atoms with Crippen molar-refractivity contribution in [3.63, 3.8) is 0 Å². The van der Waals surface area contributed by atoms with Gasteiger partial charge >= 0.3 is 0 Å². The Labute approximate surface area is 132 Å². The van der Waals surface area contributed by atoms with E-state index in [4.69, 9.17) is 11.6 Å². The van der Waals surface area contributed by atoms with Crippen molar-refractivity contribution in [2.24, 2.45) is 0 Å². The summed E-state index contributed by atoms with van der Waals surface area (Å²) in [7, 11) is 0. The van der Waals surface area contributed by atoms with E-state index in [-0.39, 0.29) is 0 Å².